The van der Waals surface area contributed by atoms with Gasteiger partial charge in [-0.25, -0.2) is 0 Å². The highest BCUT2D eigenvalue weighted by Crippen LogP contribution is 2.48. The van der Waals surface area contributed by atoms with Gasteiger partial charge in [-0.3, -0.25) is 9.48 Å². The minimum atomic E-state index is -0.165. The normalized spacial score (nSPS) is 18.8. The Bertz CT molecular complexity index is 795. The second kappa shape index (κ2) is 5.74. The van der Waals surface area contributed by atoms with E-state index >= 15 is 0 Å². The number of nitrogens with one attached hydrogen (secondary N) is 1. The number of fused-ring (bicyclic) bond motifs is 1. The molecule has 1 aromatic carbocycles. The molecule has 6 heteroatoms. The number of aromatic nitrogens is 2. The number of halogens is 2. The smallest absolute Gasteiger partial charge is 0.261 e. The second-order valence-corrected chi connectivity index (χ2v) is 8.29. The lowest BCUT2D eigenvalue weighted by Gasteiger charge is -2.19. The van der Waals surface area contributed by atoms with Crippen LogP contribution in [-0.2, 0) is 12.5 Å². The van der Waals surface area contributed by atoms with Gasteiger partial charge in [0.25, 0.3) is 5.91 Å². The van der Waals surface area contributed by atoms with Crippen molar-refractivity contribution in [2.75, 3.05) is 5.32 Å². The van der Waals surface area contributed by atoms with Crippen molar-refractivity contribution in [2.24, 2.45) is 7.05 Å². The molecule has 1 heterocycles. The second-order valence-electron chi connectivity index (χ2n) is 6.79. The number of nitrogens with zero attached hydrogens (tertiary/aromatic N) is 2. The van der Waals surface area contributed by atoms with Gasteiger partial charge in [-0.05, 0) is 66.8 Å². The molecule has 0 saturated heterocycles. The van der Waals surface area contributed by atoms with Crippen LogP contribution >= 0.6 is 31.9 Å². The standard InChI is InChI=1S/C17H19Br2N3O/c1-9-8-17(2,3)10-6-5-7-11(12(9)10)20-16(23)13-14(18)21-22(4)15(13)19/h5-7,9H,8H2,1-4H3,(H,20,23). The first-order valence-corrected chi connectivity index (χ1v) is 9.13. The number of amides is 1. The van der Waals surface area contributed by atoms with Crippen LogP contribution in [0.3, 0.4) is 0 Å². The first-order chi connectivity index (χ1) is 10.7. The van der Waals surface area contributed by atoms with Crippen molar-refractivity contribution in [3.63, 3.8) is 0 Å². The molecule has 4 nitrogen and oxygen atoms in total. The summed E-state index contributed by atoms with van der Waals surface area (Å²) in [6.07, 6.45) is 1.09. The summed E-state index contributed by atoms with van der Waals surface area (Å²) >= 11 is 6.77. The van der Waals surface area contributed by atoms with Crippen LogP contribution in [0.25, 0.3) is 0 Å². The number of carbonyl (C=O) groups excluding carboxylic acids is 1. The van der Waals surface area contributed by atoms with Crippen LogP contribution in [0.1, 0.15) is 54.6 Å². The fourth-order valence-electron chi connectivity index (χ4n) is 3.62. The summed E-state index contributed by atoms with van der Waals surface area (Å²) in [5.74, 6) is 0.263. The summed E-state index contributed by atoms with van der Waals surface area (Å²) in [5, 5.41) is 7.28. The molecule has 1 unspecified atom stereocenters. The summed E-state index contributed by atoms with van der Waals surface area (Å²) in [5.41, 5.74) is 4.13. The SMILES string of the molecule is CC1CC(C)(C)c2cccc(NC(=O)c3c(Br)nn(C)c3Br)c21. The van der Waals surface area contributed by atoms with Crippen molar-refractivity contribution in [1.29, 1.82) is 0 Å². The Morgan fingerprint density at radius 2 is 2.09 bits per heavy atom. The minimum absolute atomic E-state index is 0.144. The number of benzene rings is 1. The summed E-state index contributed by atoms with van der Waals surface area (Å²) in [7, 11) is 1.79. The molecule has 1 atom stereocenters. The molecule has 0 aliphatic heterocycles. The van der Waals surface area contributed by atoms with Gasteiger partial charge in [0.15, 0.2) is 0 Å². The molecule has 0 spiro atoms. The van der Waals surface area contributed by atoms with Gasteiger partial charge in [0, 0.05) is 12.7 Å². The number of hydrogen-bond acceptors (Lipinski definition) is 2. The van der Waals surface area contributed by atoms with Crippen LogP contribution in [0, 0.1) is 0 Å². The number of hydrogen-bond donors (Lipinski definition) is 1. The quantitative estimate of drug-likeness (QED) is 0.715. The zero-order valence-electron chi connectivity index (χ0n) is 13.6. The van der Waals surface area contributed by atoms with Crippen molar-refractivity contribution in [2.45, 2.75) is 38.5 Å². The lowest BCUT2D eigenvalue weighted by molar-refractivity contribution is 0.102. The molecule has 122 valence electrons. The maximum absolute atomic E-state index is 12.7. The summed E-state index contributed by atoms with van der Waals surface area (Å²) < 4.78 is 2.81. The predicted molar refractivity (Wildman–Crippen MR) is 99.1 cm³/mol. The average Bonchev–Trinajstić information content (AvgIpc) is 2.84. The van der Waals surface area contributed by atoms with E-state index in [-0.39, 0.29) is 11.3 Å². The molecular formula is C17H19Br2N3O. The topological polar surface area (TPSA) is 46.9 Å². The van der Waals surface area contributed by atoms with E-state index in [0.29, 0.717) is 20.7 Å². The van der Waals surface area contributed by atoms with E-state index in [1.807, 2.05) is 12.1 Å². The molecule has 0 radical (unpaired) electrons. The van der Waals surface area contributed by atoms with Crippen LogP contribution < -0.4 is 5.32 Å². The Labute approximate surface area is 152 Å². The van der Waals surface area contributed by atoms with Crippen molar-refractivity contribution < 1.29 is 4.79 Å². The zero-order valence-corrected chi connectivity index (χ0v) is 16.7. The van der Waals surface area contributed by atoms with E-state index in [2.05, 4.69) is 69.1 Å². The van der Waals surface area contributed by atoms with Crippen molar-refractivity contribution in [3.05, 3.63) is 44.1 Å². The lowest BCUT2D eigenvalue weighted by atomic mass is 9.86. The summed E-state index contributed by atoms with van der Waals surface area (Å²) in [6, 6.07) is 6.17. The van der Waals surface area contributed by atoms with Gasteiger partial charge in [0.2, 0.25) is 0 Å². The molecule has 1 aliphatic rings. The molecule has 1 amide bonds. The molecule has 1 aromatic heterocycles. The van der Waals surface area contributed by atoms with Crippen LogP contribution in [-0.4, -0.2) is 15.7 Å². The van der Waals surface area contributed by atoms with Crippen LogP contribution in [0.4, 0.5) is 5.69 Å². The van der Waals surface area contributed by atoms with Gasteiger partial charge in [0.1, 0.15) is 14.8 Å². The molecule has 1 aliphatic carbocycles. The van der Waals surface area contributed by atoms with Crippen molar-refractivity contribution >= 4 is 43.5 Å². The lowest BCUT2D eigenvalue weighted by Crippen LogP contribution is -2.15. The molecule has 3 rings (SSSR count). The average molecular weight is 441 g/mol. The number of rotatable bonds is 2. The number of anilines is 1. The maximum atomic E-state index is 12.7. The van der Waals surface area contributed by atoms with Gasteiger partial charge < -0.3 is 5.32 Å². The van der Waals surface area contributed by atoms with Crippen molar-refractivity contribution in [3.8, 4) is 0 Å². The molecule has 0 fully saturated rings. The Morgan fingerprint density at radius 3 is 2.70 bits per heavy atom. The third-order valence-electron chi connectivity index (χ3n) is 4.55. The number of aryl methyl sites for hydroxylation is 1. The van der Waals surface area contributed by atoms with Crippen LogP contribution in [0.2, 0.25) is 0 Å². The summed E-state index contributed by atoms with van der Waals surface area (Å²) in [6.45, 7) is 6.74. The van der Waals surface area contributed by atoms with E-state index in [1.165, 1.54) is 11.1 Å². The molecule has 1 N–H and O–H groups in total. The number of carbonyl (C=O) groups is 1. The highest BCUT2D eigenvalue weighted by molar-refractivity contribution is 9.11. The maximum Gasteiger partial charge on any atom is 0.261 e. The highest BCUT2D eigenvalue weighted by Gasteiger charge is 2.36. The molecular weight excluding hydrogens is 422 g/mol. The Morgan fingerprint density at radius 1 is 1.39 bits per heavy atom. The van der Waals surface area contributed by atoms with E-state index in [4.69, 9.17) is 0 Å². The molecule has 0 bridgehead atoms. The monoisotopic (exact) mass is 439 g/mol. The molecule has 2 aromatic rings. The van der Waals surface area contributed by atoms with E-state index in [1.54, 1.807) is 11.7 Å². The molecule has 0 saturated carbocycles. The Balaban J connectivity index is 1.99. The Hall–Kier alpha value is -1.14. The van der Waals surface area contributed by atoms with Gasteiger partial charge in [-0.2, -0.15) is 5.10 Å². The largest absolute Gasteiger partial charge is 0.322 e. The summed E-state index contributed by atoms with van der Waals surface area (Å²) in [4.78, 5) is 12.7. The minimum Gasteiger partial charge on any atom is -0.322 e. The third kappa shape index (κ3) is 2.76. The first kappa shape index (κ1) is 16.7. The van der Waals surface area contributed by atoms with Crippen LogP contribution in [0.5, 0.6) is 0 Å². The molecule has 23 heavy (non-hydrogen) atoms. The zero-order chi connectivity index (χ0) is 16.9. The fourth-order valence-corrected chi connectivity index (χ4v) is 4.94. The Kier molecular flexibility index (Phi) is 4.17. The first-order valence-electron chi connectivity index (χ1n) is 7.55. The predicted octanol–water partition coefficient (Wildman–Crippen LogP) is 4.98. The van der Waals surface area contributed by atoms with Crippen LogP contribution in [0.15, 0.2) is 27.4 Å². The fraction of sp³-hybridized carbons (Fsp3) is 0.412. The van der Waals surface area contributed by atoms with Gasteiger partial charge >= 0.3 is 0 Å². The van der Waals surface area contributed by atoms with Crippen molar-refractivity contribution in [1.82, 2.24) is 9.78 Å². The highest BCUT2D eigenvalue weighted by atomic mass is 79.9. The van der Waals surface area contributed by atoms with Gasteiger partial charge in [-0.15, -0.1) is 0 Å². The third-order valence-corrected chi connectivity index (χ3v) is 6.02. The van der Waals surface area contributed by atoms with E-state index in [0.717, 1.165) is 12.1 Å². The van der Waals surface area contributed by atoms with E-state index < -0.39 is 0 Å². The van der Waals surface area contributed by atoms with Gasteiger partial charge in [0.05, 0.1) is 0 Å². The van der Waals surface area contributed by atoms with E-state index in [9.17, 15) is 4.79 Å². The van der Waals surface area contributed by atoms with Gasteiger partial charge in [-0.1, -0.05) is 32.9 Å².